The number of nitrogens with one attached hydrogen (secondary N) is 2. The van der Waals surface area contributed by atoms with Crippen LogP contribution in [0.5, 0.6) is 11.5 Å². The molecule has 2 N–H and O–H groups in total. The topological polar surface area (TPSA) is 79.8 Å². The third-order valence-electron chi connectivity index (χ3n) is 5.88. The van der Waals surface area contributed by atoms with Crippen molar-refractivity contribution in [2.45, 2.75) is 19.1 Å². The molecule has 0 aliphatic carbocycles. The van der Waals surface area contributed by atoms with E-state index in [0.29, 0.717) is 6.54 Å². The predicted molar refractivity (Wildman–Crippen MR) is 126 cm³/mol. The van der Waals surface area contributed by atoms with Gasteiger partial charge in [-0.25, -0.2) is 0 Å². The van der Waals surface area contributed by atoms with Crippen molar-refractivity contribution >= 4 is 5.96 Å². The minimum Gasteiger partial charge on any atom is -0.493 e. The fraction of sp³-hybridized carbons (Fsp3) is 0.696. The largest absolute Gasteiger partial charge is 0.493 e. The normalized spacial score (nSPS) is 21.8. The molecule has 9 heteroatoms. The second-order valence-corrected chi connectivity index (χ2v) is 8.13. The Morgan fingerprint density at radius 2 is 1.91 bits per heavy atom. The molecule has 2 aliphatic heterocycles. The Hall–Kier alpha value is -2.07. The van der Waals surface area contributed by atoms with E-state index in [-0.39, 0.29) is 12.1 Å². The summed E-state index contributed by atoms with van der Waals surface area (Å²) in [5.74, 6) is 2.27. The van der Waals surface area contributed by atoms with Gasteiger partial charge in [0, 0.05) is 39.3 Å². The van der Waals surface area contributed by atoms with Crippen molar-refractivity contribution in [1.29, 1.82) is 0 Å². The van der Waals surface area contributed by atoms with Crippen LogP contribution in [-0.4, -0.2) is 109 Å². The molecule has 0 radical (unpaired) electrons. The first-order chi connectivity index (χ1) is 15.6. The molecule has 2 saturated heterocycles. The monoisotopic (exact) mass is 449 g/mol. The zero-order valence-corrected chi connectivity index (χ0v) is 19.9. The van der Waals surface area contributed by atoms with Gasteiger partial charge in [0.15, 0.2) is 17.5 Å². The van der Waals surface area contributed by atoms with Crippen LogP contribution in [0, 0.1) is 0 Å². The molecule has 2 unspecified atom stereocenters. The summed E-state index contributed by atoms with van der Waals surface area (Å²) in [6, 6.07) is 6.24. The summed E-state index contributed by atoms with van der Waals surface area (Å²) in [7, 11) is 5.45. The molecule has 1 aromatic rings. The number of nitrogens with zero attached hydrogens (tertiary/aromatic N) is 3. The lowest BCUT2D eigenvalue weighted by atomic mass is 10.0. The van der Waals surface area contributed by atoms with Gasteiger partial charge < -0.3 is 34.5 Å². The molecule has 2 atom stereocenters. The number of morpholine rings is 2. The van der Waals surface area contributed by atoms with E-state index in [2.05, 4.69) is 46.5 Å². The smallest absolute Gasteiger partial charge is 0.191 e. The van der Waals surface area contributed by atoms with Gasteiger partial charge in [-0.3, -0.25) is 9.89 Å². The molecule has 2 aliphatic rings. The van der Waals surface area contributed by atoms with Gasteiger partial charge in [-0.2, -0.15) is 0 Å². The summed E-state index contributed by atoms with van der Waals surface area (Å²) >= 11 is 0. The van der Waals surface area contributed by atoms with E-state index < -0.39 is 0 Å². The Kier molecular flexibility index (Phi) is 9.86. The molecule has 3 rings (SSSR count). The minimum absolute atomic E-state index is 0.117. The van der Waals surface area contributed by atoms with Crippen LogP contribution in [0.2, 0.25) is 0 Å². The lowest BCUT2D eigenvalue weighted by Gasteiger charge is -2.34. The lowest BCUT2D eigenvalue weighted by molar-refractivity contribution is -0.0161. The van der Waals surface area contributed by atoms with Crippen LogP contribution in [0.15, 0.2) is 23.2 Å². The summed E-state index contributed by atoms with van der Waals surface area (Å²) in [6.45, 7) is 10.1. The van der Waals surface area contributed by atoms with Crippen molar-refractivity contribution < 1.29 is 18.9 Å². The third-order valence-corrected chi connectivity index (χ3v) is 5.88. The molecule has 9 nitrogen and oxygen atoms in total. The number of ether oxygens (including phenoxy) is 4. The molecule has 0 saturated carbocycles. The van der Waals surface area contributed by atoms with E-state index in [1.165, 1.54) is 0 Å². The van der Waals surface area contributed by atoms with Crippen LogP contribution in [0.3, 0.4) is 0 Å². The van der Waals surface area contributed by atoms with Crippen molar-refractivity contribution in [3.8, 4) is 11.5 Å². The first kappa shape index (κ1) is 24.6. The van der Waals surface area contributed by atoms with Gasteiger partial charge in [-0.05, 0) is 31.7 Å². The van der Waals surface area contributed by atoms with Crippen LogP contribution in [-0.2, 0) is 9.47 Å². The Balaban J connectivity index is 1.73. The molecule has 0 spiro atoms. The number of rotatable bonds is 9. The predicted octanol–water partition coefficient (Wildman–Crippen LogP) is 0.963. The molecule has 180 valence electrons. The van der Waals surface area contributed by atoms with Crippen LogP contribution in [0.1, 0.15) is 18.5 Å². The summed E-state index contributed by atoms with van der Waals surface area (Å²) in [5, 5.41) is 6.83. The SMILES string of the molecule is CCNC(=NCC(c1ccc(OC)c(OC)c1)N1CCOCC1)NCC1CN(C)CCO1. The highest BCUT2D eigenvalue weighted by Crippen LogP contribution is 2.32. The minimum atomic E-state index is 0.117. The maximum atomic E-state index is 5.88. The van der Waals surface area contributed by atoms with E-state index in [0.717, 1.165) is 82.1 Å². The second-order valence-electron chi connectivity index (χ2n) is 8.13. The van der Waals surface area contributed by atoms with Gasteiger partial charge in [0.05, 0.1) is 52.7 Å². The molecule has 0 aromatic heterocycles. The zero-order chi connectivity index (χ0) is 22.8. The van der Waals surface area contributed by atoms with E-state index in [4.69, 9.17) is 23.9 Å². The molecule has 0 bridgehead atoms. The zero-order valence-electron chi connectivity index (χ0n) is 19.9. The second kappa shape index (κ2) is 12.8. The van der Waals surface area contributed by atoms with Crippen LogP contribution in [0.25, 0.3) is 0 Å². The first-order valence-corrected chi connectivity index (χ1v) is 11.5. The quantitative estimate of drug-likeness (QED) is 0.426. The Morgan fingerprint density at radius 3 is 2.59 bits per heavy atom. The average molecular weight is 450 g/mol. The fourth-order valence-electron chi connectivity index (χ4n) is 4.10. The van der Waals surface area contributed by atoms with Gasteiger partial charge in [0.2, 0.25) is 0 Å². The Bertz CT molecular complexity index is 726. The number of benzene rings is 1. The molecule has 2 fully saturated rings. The van der Waals surface area contributed by atoms with Gasteiger partial charge >= 0.3 is 0 Å². The maximum Gasteiger partial charge on any atom is 0.191 e. The Morgan fingerprint density at radius 1 is 1.12 bits per heavy atom. The molecule has 2 heterocycles. The van der Waals surface area contributed by atoms with Crippen molar-refractivity contribution in [2.24, 2.45) is 4.99 Å². The molecular weight excluding hydrogens is 410 g/mol. The number of hydrogen-bond donors (Lipinski definition) is 2. The van der Waals surface area contributed by atoms with Crippen molar-refractivity contribution in [3.05, 3.63) is 23.8 Å². The third kappa shape index (κ3) is 6.96. The van der Waals surface area contributed by atoms with Gasteiger partial charge in [0.1, 0.15) is 0 Å². The Labute approximate surface area is 192 Å². The lowest BCUT2D eigenvalue weighted by Crippen LogP contribution is -2.48. The summed E-state index contributed by atoms with van der Waals surface area (Å²) in [5.41, 5.74) is 1.15. The van der Waals surface area contributed by atoms with E-state index in [1.54, 1.807) is 14.2 Å². The standard InChI is InChI=1S/C23H39N5O4/c1-5-24-23(25-15-19-17-27(2)8-13-32-19)26-16-20(28-9-11-31-12-10-28)18-6-7-21(29-3)22(14-18)30-4/h6-7,14,19-20H,5,8-13,15-17H2,1-4H3,(H2,24,25,26). The fourth-order valence-corrected chi connectivity index (χ4v) is 4.10. The number of likely N-dealkylation sites (N-methyl/N-ethyl adjacent to an activating group) is 1. The van der Waals surface area contributed by atoms with Gasteiger partial charge in [0.25, 0.3) is 0 Å². The number of aliphatic imine (C=N–C) groups is 1. The van der Waals surface area contributed by atoms with Crippen molar-refractivity contribution in [2.75, 3.05) is 86.9 Å². The number of hydrogen-bond acceptors (Lipinski definition) is 7. The molecule has 1 aromatic carbocycles. The highest BCUT2D eigenvalue weighted by Gasteiger charge is 2.24. The van der Waals surface area contributed by atoms with Gasteiger partial charge in [-0.1, -0.05) is 6.07 Å². The number of guanidine groups is 1. The van der Waals surface area contributed by atoms with E-state index in [1.807, 2.05) is 6.07 Å². The molecule has 32 heavy (non-hydrogen) atoms. The first-order valence-electron chi connectivity index (χ1n) is 11.5. The summed E-state index contributed by atoms with van der Waals surface area (Å²) in [6.07, 6.45) is 0.165. The average Bonchev–Trinajstić information content (AvgIpc) is 2.83. The van der Waals surface area contributed by atoms with Crippen molar-refractivity contribution in [3.63, 3.8) is 0 Å². The van der Waals surface area contributed by atoms with E-state index >= 15 is 0 Å². The van der Waals surface area contributed by atoms with Gasteiger partial charge in [-0.15, -0.1) is 0 Å². The van der Waals surface area contributed by atoms with E-state index in [9.17, 15) is 0 Å². The maximum absolute atomic E-state index is 5.88. The van der Waals surface area contributed by atoms with Crippen LogP contribution in [0.4, 0.5) is 0 Å². The number of methoxy groups -OCH3 is 2. The van der Waals surface area contributed by atoms with Crippen LogP contribution < -0.4 is 20.1 Å². The van der Waals surface area contributed by atoms with Crippen LogP contribution >= 0.6 is 0 Å². The highest BCUT2D eigenvalue weighted by molar-refractivity contribution is 5.79. The summed E-state index contributed by atoms with van der Waals surface area (Å²) < 4.78 is 22.4. The summed E-state index contributed by atoms with van der Waals surface area (Å²) in [4.78, 5) is 9.66. The highest BCUT2D eigenvalue weighted by atomic mass is 16.5. The molecular formula is C23H39N5O4. The van der Waals surface area contributed by atoms with Crippen molar-refractivity contribution in [1.82, 2.24) is 20.4 Å². The molecule has 0 amide bonds.